The van der Waals surface area contributed by atoms with Crippen LogP contribution in [0.4, 0.5) is 0 Å². The summed E-state index contributed by atoms with van der Waals surface area (Å²) >= 11 is 0. The van der Waals surface area contributed by atoms with Gasteiger partial charge in [-0.3, -0.25) is 9.78 Å². The van der Waals surface area contributed by atoms with Crippen molar-refractivity contribution in [2.24, 2.45) is 0 Å². The molecule has 1 unspecified atom stereocenters. The first-order valence-electron chi connectivity index (χ1n) is 8.90. The lowest BCUT2D eigenvalue weighted by Gasteiger charge is -2.31. The molecule has 5 nitrogen and oxygen atoms in total. The monoisotopic (exact) mass is 367 g/mol. The second-order valence-electron chi connectivity index (χ2n) is 6.14. The molecule has 140 valence electrons. The lowest BCUT2D eigenvalue weighted by Crippen LogP contribution is -2.40. The Kier molecular flexibility index (Phi) is 11.1. The molecule has 1 aliphatic rings. The lowest BCUT2D eigenvalue weighted by atomic mass is 10.1. The average Bonchev–Trinajstić information content (AvgIpc) is 2.89. The molecule has 0 aliphatic carbocycles. The minimum Gasteiger partial charge on any atom is -0.377 e. The van der Waals surface area contributed by atoms with E-state index >= 15 is 0 Å². The Hall–Kier alpha value is -1.43. The maximum atomic E-state index is 12.8. The molecule has 2 heterocycles. The van der Waals surface area contributed by atoms with Crippen molar-refractivity contribution in [2.75, 3.05) is 26.3 Å². The van der Waals surface area contributed by atoms with Gasteiger partial charge in [-0.2, -0.15) is 0 Å². The molecule has 0 radical (unpaired) electrons. The summed E-state index contributed by atoms with van der Waals surface area (Å²) in [6, 6.07) is 6.16. The van der Waals surface area contributed by atoms with Crippen LogP contribution >= 0.6 is 12.4 Å². The van der Waals surface area contributed by atoms with E-state index < -0.39 is 0 Å². The van der Waals surface area contributed by atoms with E-state index in [1.807, 2.05) is 23.1 Å². The zero-order valence-electron chi connectivity index (χ0n) is 14.9. The van der Waals surface area contributed by atoms with Gasteiger partial charge < -0.3 is 15.0 Å². The predicted molar refractivity (Wildman–Crippen MR) is 103 cm³/mol. The van der Waals surface area contributed by atoms with Crippen molar-refractivity contribution in [1.82, 2.24) is 15.2 Å². The number of pyridine rings is 1. The number of carbonyl (C=O) groups excluding carboxylic acids is 1. The van der Waals surface area contributed by atoms with E-state index in [4.69, 9.17) is 4.74 Å². The number of hydrogen-bond donors (Lipinski definition) is 1. The highest BCUT2D eigenvalue weighted by atomic mass is 35.5. The van der Waals surface area contributed by atoms with E-state index in [0.29, 0.717) is 32.2 Å². The number of rotatable bonds is 9. The van der Waals surface area contributed by atoms with E-state index in [9.17, 15) is 4.79 Å². The van der Waals surface area contributed by atoms with Crippen LogP contribution in [0, 0.1) is 0 Å². The fourth-order valence-electron chi connectivity index (χ4n) is 3.04. The third kappa shape index (κ3) is 7.99. The number of halogens is 1. The molecular formula is C19H30ClN3O2. The number of hydrogen-bond acceptors (Lipinski definition) is 4. The van der Waals surface area contributed by atoms with Gasteiger partial charge >= 0.3 is 0 Å². The first kappa shape index (κ1) is 21.6. The predicted octanol–water partition coefficient (Wildman–Crippen LogP) is 2.96. The fraction of sp³-hybridized carbons (Fsp3) is 0.579. The van der Waals surface area contributed by atoms with Crippen LogP contribution in [0.25, 0.3) is 0 Å². The Bertz CT molecular complexity index is 491. The van der Waals surface area contributed by atoms with Crippen molar-refractivity contribution in [3.05, 3.63) is 42.7 Å². The zero-order chi connectivity index (χ0) is 17.0. The van der Waals surface area contributed by atoms with Crippen molar-refractivity contribution in [3.63, 3.8) is 0 Å². The highest BCUT2D eigenvalue weighted by molar-refractivity contribution is 5.85. The van der Waals surface area contributed by atoms with E-state index in [1.165, 1.54) is 0 Å². The summed E-state index contributed by atoms with van der Waals surface area (Å²) in [5.41, 5.74) is 0.950. The van der Waals surface area contributed by atoms with Crippen molar-refractivity contribution in [3.8, 4) is 0 Å². The molecule has 1 aromatic rings. The first-order valence-corrected chi connectivity index (χ1v) is 8.90. The quantitative estimate of drug-likeness (QED) is 0.538. The highest BCUT2D eigenvalue weighted by Gasteiger charge is 2.24. The Labute approximate surface area is 157 Å². The SMILES string of the molecule is C=CCOCCCC(=O)N(Cc1ccccn1)C1CCCNCC1.Cl. The topological polar surface area (TPSA) is 54.5 Å². The highest BCUT2D eigenvalue weighted by Crippen LogP contribution is 2.18. The van der Waals surface area contributed by atoms with Gasteiger partial charge in [0.1, 0.15) is 0 Å². The molecule has 6 heteroatoms. The van der Waals surface area contributed by atoms with Crippen molar-refractivity contribution >= 4 is 18.3 Å². The van der Waals surface area contributed by atoms with E-state index in [2.05, 4.69) is 16.9 Å². The average molecular weight is 368 g/mol. The molecule has 0 aromatic carbocycles. The van der Waals surface area contributed by atoms with Crippen LogP contribution in [-0.2, 0) is 16.1 Å². The third-order valence-electron chi connectivity index (χ3n) is 4.28. The molecule has 1 fully saturated rings. The number of amides is 1. The van der Waals surface area contributed by atoms with Gasteiger partial charge in [0.2, 0.25) is 5.91 Å². The van der Waals surface area contributed by atoms with Crippen LogP contribution in [0.5, 0.6) is 0 Å². The Balaban J connectivity index is 0.00000312. The maximum absolute atomic E-state index is 12.8. The van der Waals surface area contributed by atoms with Crippen molar-refractivity contribution in [2.45, 2.75) is 44.7 Å². The van der Waals surface area contributed by atoms with Crippen molar-refractivity contribution < 1.29 is 9.53 Å². The van der Waals surface area contributed by atoms with Crippen LogP contribution in [0.15, 0.2) is 37.1 Å². The summed E-state index contributed by atoms with van der Waals surface area (Å²) in [6.07, 6.45) is 7.96. The second-order valence-corrected chi connectivity index (χ2v) is 6.14. The molecule has 1 N–H and O–H groups in total. The summed E-state index contributed by atoms with van der Waals surface area (Å²) in [6.45, 7) is 7.37. The number of carbonyl (C=O) groups is 1. The van der Waals surface area contributed by atoms with Crippen molar-refractivity contribution in [1.29, 1.82) is 0 Å². The van der Waals surface area contributed by atoms with Crippen LogP contribution in [0.2, 0.25) is 0 Å². The molecule has 0 bridgehead atoms. The van der Waals surface area contributed by atoms with Gasteiger partial charge in [-0.25, -0.2) is 0 Å². The lowest BCUT2D eigenvalue weighted by molar-refractivity contribution is -0.135. The number of aromatic nitrogens is 1. The van der Waals surface area contributed by atoms with Gasteiger partial charge in [-0.05, 0) is 50.9 Å². The molecular weight excluding hydrogens is 338 g/mol. The summed E-state index contributed by atoms with van der Waals surface area (Å²) in [7, 11) is 0. The summed E-state index contributed by atoms with van der Waals surface area (Å²) in [4.78, 5) is 19.2. The molecule has 2 rings (SSSR count). The first-order chi connectivity index (χ1) is 11.8. The van der Waals surface area contributed by atoms with Gasteiger partial charge in [0.25, 0.3) is 0 Å². The van der Waals surface area contributed by atoms with Gasteiger partial charge in [-0.15, -0.1) is 19.0 Å². The molecule has 1 amide bonds. The van der Waals surface area contributed by atoms with Gasteiger partial charge in [-0.1, -0.05) is 12.1 Å². The number of nitrogens with one attached hydrogen (secondary N) is 1. The zero-order valence-corrected chi connectivity index (χ0v) is 15.7. The minimum absolute atomic E-state index is 0. The molecule has 1 atom stereocenters. The van der Waals surface area contributed by atoms with Crippen LogP contribution < -0.4 is 5.32 Å². The van der Waals surface area contributed by atoms with Gasteiger partial charge in [0.15, 0.2) is 0 Å². The Morgan fingerprint density at radius 1 is 1.40 bits per heavy atom. The van der Waals surface area contributed by atoms with E-state index in [0.717, 1.165) is 44.5 Å². The Morgan fingerprint density at radius 2 is 2.28 bits per heavy atom. The van der Waals surface area contributed by atoms with Crippen LogP contribution in [-0.4, -0.2) is 48.1 Å². The second kappa shape index (κ2) is 12.9. The van der Waals surface area contributed by atoms with Crippen LogP contribution in [0.3, 0.4) is 0 Å². The maximum Gasteiger partial charge on any atom is 0.223 e. The van der Waals surface area contributed by atoms with Crippen LogP contribution in [0.1, 0.15) is 37.8 Å². The van der Waals surface area contributed by atoms with Gasteiger partial charge in [0, 0.05) is 25.3 Å². The Morgan fingerprint density at radius 3 is 3.04 bits per heavy atom. The summed E-state index contributed by atoms with van der Waals surface area (Å²) < 4.78 is 5.39. The van der Waals surface area contributed by atoms with E-state index in [1.54, 1.807) is 12.3 Å². The number of ether oxygens (including phenoxy) is 1. The molecule has 1 aliphatic heterocycles. The molecule has 0 spiro atoms. The smallest absolute Gasteiger partial charge is 0.223 e. The standard InChI is InChI=1S/C19H29N3O2.ClH/c1-2-14-24-15-6-9-19(23)22(16-17-7-3-4-12-21-17)18-8-5-11-20-13-10-18;/h2-4,7,12,18,20H,1,5-6,8-11,13-16H2;1H. The molecule has 1 aromatic heterocycles. The largest absolute Gasteiger partial charge is 0.377 e. The number of nitrogens with zero attached hydrogens (tertiary/aromatic N) is 2. The minimum atomic E-state index is 0. The fourth-order valence-corrected chi connectivity index (χ4v) is 3.04. The van der Waals surface area contributed by atoms with E-state index in [-0.39, 0.29) is 18.3 Å². The third-order valence-corrected chi connectivity index (χ3v) is 4.28. The molecule has 25 heavy (non-hydrogen) atoms. The summed E-state index contributed by atoms with van der Waals surface area (Å²) in [5.74, 6) is 0.203. The normalized spacial score (nSPS) is 17.2. The summed E-state index contributed by atoms with van der Waals surface area (Å²) in [5, 5.41) is 3.42. The molecule has 1 saturated heterocycles. The van der Waals surface area contributed by atoms with Gasteiger partial charge in [0.05, 0.1) is 18.8 Å². The molecule has 0 saturated carbocycles.